The summed E-state index contributed by atoms with van der Waals surface area (Å²) in [5.74, 6) is -1.17. The molecule has 9 heteroatoms. The van der Waals surface area contributed by atoms with Gasteiger partial charge in [0.25, 0.3) is 0 Å². The summed E-state index contributed by atoms with van der Waals surface area (Å²) < 4.78 is 40.2. The van der Waals surface area contributed by atoms with Gasteiger partial charge in [0.2, 0.25) is 15.8 Å². The van der Waals surface area contributed by atoms with E-state index in [1.165, 1.54) is 0 Å². The van der Waals surface area contributed by atoms with Crippen molar-refractivity contribution < 1.29 is 17.7 Å². The van der Waals surface area contributed by atoms with E-state index in [1.54, 1.807) is 0 Å². The molecule has 1 aliphatic rings. The number of halogens is 2. The SMILES string of the molecule is O=[N+]([O-])c1ccc(S(=O)(=O)NC2CCCC2Br)cc1F. The van der Waals surface area contributed by atoms with E-state index in [0.717, 1.165) is 25.0 Å². The van der Waals surface area contributed by atoms with Crippen molar-refractivity contribution in [1.29, 1.82) is 0 Å². The summed E-state index contributed by atoms with van der Waals surface area (Å²) in [4.78, 5) is 9.33. The molecule has 20 heavy (non-hydrogen) atoms. The molecule has 1 N–H and O–H groups in total. The summed E-state index contributed by atoms with van der Waals surface area (Å²) in [6.07, 6.45) is 2.46. The molecule has 6 nitrogen and oxygen atoms in total. The van der Waals surface area contributed by atoms with Gasteiger partial charge in [0, 0.05) is 23.0 Å². The lowest BCUT2D eigenvalue weighted by Gasteiger charge is -2.16. The van der Waals surface area contributed by atoms with E-state index in [9.17, 15) is 22.9 Å². The van der Waals surface area contributed by atoms with Crippen LogP contribution < -0.4 is 4.72 Å². The van der Waals surface area contributed by atoms with Gasteiger partial charge in [-0.15, -0.1) is 0 Å². The lowest BCUT2D eigenvalue weighted by molar-refractivity contribution is -0.387. The van der Waals surface area contributed by atoms with Crippen LogP contribution in [0.3, 0.4) is 0 Å². The quantitative estimate of drug-likeness (QED) is 0.503. The van der Waals surface area contributed by atoms with Crippen molar-refractivity contribution in [2.75, 3.05) is 0 Å². The first kappa shape index (κ1) is 15.3. The van der Waals surface area contributed by atoms with E-state index in [4.69, 9.17) is 0 Å². The molecule has 0 aliphatic heterocycles. The smallest absolute Gasteiger partial charge is 0.258 e. The number of nitrogens with one attached hydrogen (secondary N) is 1. The molecular weight excluding hydrogens is 355 g/mol. The Balaban J connectivity index is 2.25. The number of hydrogen-bond donors (Lipinski definition) is 1. The van der Waals surface area contributed by atoms with Crippen LogP contribution in [0.4, 0.5) is 10.1 Å². The van der Waals surface area contributed by atoms with Gasteiger partial charge in [-0.3, -0.25) is 10.1 Å². The Kier molecular flexibility index (Phi) is 4.40. The number of benzene rings is 1. The van der Waals surface area contributed by atoms with E-state index < -0.39 is 26.5 Å². The summed E-state index contributed by atoms with van der Waals surface area (Å²) >= 11 is 3.38. The normalized spacial score (nSPS) is 22.9. The van der Waals surface area contributed by atoms with Gasteiger partial charge in [0.15, 0.2) is 0 Å². The molecule has 1 aliphatic carbocycles. The van der Waals surface area contributed by atoms with Gasteiger partial charge in [-0.25, -0.2) is 13.1 Å². The summed E-state index contributed by atoms with van der Waals surface area (Å²) in [5.41, 5.74) is -0.747. The van der Waals surface area contributed by atoms with Gasteiger partial charge in [-0.05, 0) is 18.9 Å². The zero-order chi connectivity index (χ0) is 14.9. The molecule has 0 radical (unpaired) electrons. The van der Waals surface area contributed by atoms with Crippen LogP contribution >= 0.6 is 15.9 Å². The Morgan fingerprint density at radius 3 is 2.60 bits per heavy atom. The number of nitro groups is 1. The summed E-state index contributed by atoms with van der Waals surface area (Å²) in [7, 11) is -3.88. The van der Waals surface area contributed by atoms with Crippen molar-refractivity contribution in [3.63, 3.8) is 0 Å². The Bertz CT molecular complexity index is 637. The van der Waals surface area contributed by atoms with Gasteiger partial charge >= 0.3 is 5.69 Å². The minimum Gasteiger partial charge on any atom is -0.258 e. The lowest BCUT2D eigenvalue weighted by Crippen LogP contribution is -2.37. The second-order valence-corrected chi connectivity index (χ2v) is 7.44. The first-order chi connectivity index (χ1) is 9.31. The fourth-order valence-electron chi connectivity index (χ4n) is 2.12. The summed E-state index contributed by atoms with van der Waals surface area (Å²) in [6, 6.07) is 2.29. The Morgan fingerprint density at radius 1 is 1.40 bits per heavy atom. The molecule has 0 aromatic heterocycles. The summed E-state index contributed by atoms with van der Waals surface area (Å²) in [6.45, 7) is 0. The van der Waals surface area contributed by atoms with Crippen LogP contribution in [0.1, 0.15) is 19.3 Å². The van der Waals surface area contributed by atoms with Crippen molar-refractivity contribution in [3.8, 4) is 0 Å². The second-order valence-electron chi connectivity index (χ2n) is 4.55. The van der Waals surface area contributed by atoms with Gasteiger partial charge in [-0.1, -0.05) is 22.4 Å². The maximum Gasteiger partial charge on any atom is 0.304 e. The van der Waals surface area contributed by atoms with Crippen LogP contribution in [-0.4, -0.2) is 24.2 Å². The lowest BCUT2D eigenvalue weighted by atomic mass is 10.3. The standard InChI is InChI=1S/C11H12BrFN2O4S/c12-8-2-1-3-10(8)14-20(18,19)7-4-5-11(15(16)17)9(13)6-7/h4-6,8,10,14H,1-3H2. The molecule has 0 amide bonds. The highest BCUT2D eigenvalue weighted by atomic mass is 79.9. The Hall–Kier alpha value is -1.06. The van der Waals surface area contributed by atoms with Crippen molar-refractivity contribution >= 4 is 31.6 Å². The van der Waals surface area contributed by atoms with E-state index in [1.807, 2.05) is 0 Å². The molecule has 110 valence electrons. The van der Waals surface area contributed by atoms with Crippen LogP contribution in [0, 0.1) is 15.9 Å². The third-order valence-electron chi connectivity index (χ3n) is 3.16. The second kappa shape index (κ2) is 5.74. The molecule has 1 aromatic carbocycles. The van der Waals surface area contributed by atoms with Crippen LogP contribution in [0.2, 0.25) is 0 Å². The predicted molar refractivity (Wildman–Crippen MR) is 73.7 cm³/mol. The molecule has 0 heterocycles. The highest BCUT2D eigenvalue weighted by molar-refractivity contribution is 9.09. The van der Waals surface area contributed by atoms with Crippen molar-refractivity contribution in [1.82, 2.24) is 4.72 Å². The number of nitrogens with zero attached hydrogens (tertiary/aromatic N) is 1. The highest BCUT2D eigenvalue weighted by Crippen LogP contribution is 2.27. The zero-order valence-electron chi connectivity index (χ0n) is 10.3. The zero-order valence-corrected chi connectivity index (χ0v) is 12.7. The first-order valence-corrected chi connectivity index (χ1v) is 8.31. The average Bonchev–Trinajstić information content (AvgIpc) is 2.73. The molecule has 1 saturated carbocycles. The molecule has 0 bridgehead atoms. The number of rotatable bonds is 4. The van der Waals surface area contributed by atoms with Crippen molar-refractivity contribution in [3.05, 3.63) is 34.1 Å². The molecule has 0 saturated heterocycles. The minimum atomic E-state index is -3.88. The van der Waals surface area contributed by atoms with E-state index in [2.05, 4.69) is 20.7 Å². The van der Waals surface area contributed by atoms with Crippen molar-refractivity contribution in [2.45, 2.75) is 35.0 Å². The molecule has 2 unspecified atom stereocenters. The van der Waals surface area contributed by atoms with Crippen molar-refractivity contribution in [2.24, 2.45) is 0 Å². The number of hydrogen-bond acceptors (Lipinski definition) is 4. The molecule has 0 spiro atoms. The third kappa shape index (κ3) is 3.15. The van der Waals surface area contributed by atoms with Crippen LogP contribution in [0.15, 0.2) is 23.1 Å². The topological polar surface area (TPSA) is 89.3 Å². The van der Waals surface area contributed by atoms with Crippen LogP contribution in [0.25, 0.3) is 0 Å². The predicted octanol–water partition coefficient (Wildman–Crippen LogP) is 2.33. The highest BCUT2D eigenvalue weighted by Gasteiger charge is 2.30. The number of nitro benzene ring substituents is 1. The van der Waals surface area contributed by atoms with E-state index >= 15 is 0 Å². The Labute approximate surface area is 123 Å². The number of sulfonamides is 1. The fourth-order valence-corrected chi connectivity index (χ4v) is 4.34. The van der Waals surface area contributed by atoms with Crippen LogP contribution in [-0.2, 0) is 10.0 Å². The van der Waals surface area contributed by atoms with Gasteiger partial charge in [-0.2, -0.15) is 4.39 Å². The molecule has 1 aromatic rings. The third-order valence-corrected chi connectivity index (χ3v) is 5.75. The first-order valence-electron chi connectivity index (χ1n) is 5.91. The fraction of sp³-hybridized carbons (Fsp3) is 0.455. The van der Waals surface area contributed by atoms with E-state index in [-0.39, 0.29) is 15.8 Å². The Morgan fingerprint density at radius 2 is 2.10 bits per heavy atom. The van der Waals surface area contributed by atoms with Crippen LogP contribution in [0.5, 0.6) is 0 Å². The molecule has 2 atom stereocenters. The van der Waals surface area contributed by atoms with Gasteiger partial charge in [0.05, 0.1) is 9.82 Å². The molecule has 2 rings (SSSR count). The van der Waals surface area contributed by atoms with E-state index in [0.29, 0.717) is 12.5 Å². The average molecular weight is 367 g/mol. The monoisotopic (exact) mass is 366 g/mol. The maximum atomic E-state index is 13.5. The maximum absolute atomic E-state index is 13.5. The molecular formula is C11H12BrFN2O4S. The number of alkyl halides is 1. The summed E-state index contributed by atoms with van der Waals surface area (Å²) in [5, 5.41) is 10.5. The minimum absolute atomic E-state index is 0.0418. The van der Waals surface area contributed by atoms with Gasteiger partial charge < -0.3 is 0 Å². The largest absolute Gasteiger partial charge is 0.304 e. The van der Waals surface area contributed by atoms with Gasteiger partial charge in [0.1, 0.15) is 0 Å². The molecule has 1 fully saturated rings.